The average molecular weight is 577 g/mol. The van der Waals surface area contributed by atoms with Gasteiger partial charge in [-0.25, -0.2) is 19.7 Å². The monoisotopic (exact) mass is 576 g/mol. The first-order valence-electron chi connectivity index (χ1n) is 13.7. The lowest BCUT2D eigenvalue weighted by Crippen LogP contribution is -2.50. The Labute approximate surface area is 243 Å². The van der Waals surface area contributed by atoms with Crippen molar-refractivity contribution in [3.05, 3.63) is 35.7 Å². The smallest absolute Gasteiger partial charge is 0.410 e. The van der Waals surface area contributed by atoms with Gasteiger partial charge in [-0.2, -0.15) is 5.10 Å². The SMILES string of the molecule is CNC(=O)c1nc(-c2cc3cn(C)nc3c(C)c2OCOC)nc2ccc(N3CCN(C(=O)OC(C)(C)C)CC3)nc12. The summed E-state index contributed by atoms with van der Waals surface area (Å²) >= 11 is 0. The van der Waals surface area contributed by atoms with Gasteiger partial charge in [-0.05, 0) is 45.9 Å². The fourth-order valence-electron chi connectivity index (χ4n) is 4.93. The second kappa shape index (κ2) is 11.4. The Balaban J connectivity index is 1.52. The second-order valence-electron chi connectivity index (χ2n) is 11.1. The number of carbonyl (C=O) groups is 2. The number of nitrogens with zero attached hydrogens (tertiary/aromatic N) is 7. The maximum Gasteiger partial charge on any atom is 0.410 e. The van der Waals surface area contributed by atoms with E-state index in [0.29, 0.717) is 60.2 Å². The van der Waals surface area contributed by atoms with Gasteiger partial charge in [-0.1, -0.05) is 0 Å². The largest absolute Gasteiger partial charge is 0.466 e. The molecule has 0 aliphatic carbocycles. The summed E-state index contributed by atoms with van der Waals surface area (Å²) in [4.78, 5) is 43.7. The zero-order valence-electron chi connectivity index (χ0n) is 25.0. The van der Waals surface area contributed by atoms with E-state index in [1.807, 2.05) is 59.1 Å². The number of anilines is 1. The molecule has 1 N–H and O–H groups in total. The van der Waals surface area contributed by atoms with Gasteiger partial charge in [0.15, 0.2) is 18.3 Å². The normalized spacial score (nSPS) is 14.0. The summed E-state index contributed by atoms with van der Waals surface area (Å²) < 4.78 is 18.4. The Hall–Kier alpha value is -4.52. The van der Waals surface area contributed by atoms with Gasteiger partial charge in [0.25, 0.3) is 5.91 Å². The van der Waals surface area contributed by atoms with Gasteiger partial charge in [0.1, 0.15) is 22.7 Å². The van der Waals surface area contributed by atoms with Crippen molar-refractivity contribution in [1.29, 1.82) is 0 Å². The van der Waals surface area contributed by atoms with Crippen molar-refractivity contribution in [2.75, 3.05) is 52.0 Å². The first kappa shape index (κ1) is 29.0. The summed E-state index contributed by atoms with van der Waals surface area (Å²) in [6, 6.07) is 5.61. The van der Waals surface area contributed by atoms with Gasteiger partial charge in [0.2, 0.25) is 0 Å². The highest BCUT2D eigenvalue weighted by Gasteiger charge is 2.27. The quantitative estimate of drug-likeness (QED) is 0.341. The highest BCUT2D eigenvalue weighted by Crippen LogP contribution is 2.37. The predicted molar refractivity (Wildman–Crippen MR) is 158 cm³/mol. The number of fused-ring (bicyclic) bond motifs is 2. The van der Waals surface area contributed by atoms with Crippen LogP contribution in [0.1, 0.15) is 36.8 Å². The zero-order chi connectivity index (χ0) is 30.2. The molecule has 222 valence electrons. The van der Waals surface area contributed by atoms with Gasteiger partial charge in [0.05, 0.1) is 16.6 Å². The molecule has 5 rings (SSSR count). The van der Waals surface area contributed by atoms with Gasteiger partial charge in [-0.15, -0.1) is 0 Å². The minimum absolute atomic E-state index is 0.0220. The van der Waals surface area contributed by atoms with Gasteiger partial charge in [0, 0.05) is 64.5 Å². The molecule has 3 aromatic heterocycles. The van der Waals surface area contributed by atoms with E-state index in [0.717, 1.165) is 16.5 Å². The molecule has 13 heteroatoms. The second-order valence-corrected chi connectivity index (χ2v) is 11.1. The van der Waals surface area contributed by atoms with Crippen LogP contribution in [0.15, 0.2) is 24.4 Å². The molecule has 4 aromatic rings. The number of rotatable bonds is 6. The van der Waals surface area contributed by atoms with Gasteiger partial charge < -0.3 is 29.3 Å². The van der Waals surface area contributed by atoms with Gasteiger partial charge >= 0.3 is 6.09 Å². The van der Waals surface area contributed by atoms with Crippen LogP contribution in [0.4, 0.5) is 10.6 Å². The summed E-state index contributed by atoms with van der Waals surface area (Å²) in [5, 5.41) is 8.12. The van der Waals surface area contributed by atoms with E-state index < -0.39 is 5.60 Å². The van der Waals surface area contributed by atoms with Crippen molar-refractivity contribution >= 4 is 39.8 Å². The Kier molecular flexibility index (Phi) is 7.87. The van der Waals surface area contributed by atoms with E-state index in [-0.39, 0.29) is 24.5 Å². The minimum atomic E-state index is -0.553. The molecule has 0 saturated carbocycles. The molecule has 0 spiro atoms. The number of ether oxygens (including phenoxy) is 3. The molecule has 0 unspecified atom stereocenters. The van der Waals surface area contributed by atoms with E-state index in [1.165, 1.54) is 0 Å². The third-order valence-corrected chi connectivity index (χ3v) is 6.88. The molecular formula is C29H36N8O5. The number of methoxy groups -OCH3 is 1. The van der Waals surface area contributed by atoms with E-state index in [2.05, 4.69) is 15.3 Å². The Morgan fingerprint density at radius 2 is 1.79 bits per heavy atom. The number of benzene rings is 1. The van der Waals surface area contributed by atoms with Crippen molar-refractivity contribution in [1.82, 2.24) is 34.9 Å². The van der Waals surface area contributed by atoms with Crippen molar-refractivity contribution < 1.29 is 23.8 Å². The number of carbonyl (C=O) groups excluding carboxylic acids is 2. The van der Waals surface area contributed by atoms with Crippen molar-refractivity contribution in [2.24, 2.45) is 7.05 Å². The maximum atomic E-state index is 13.1. The van der Waals surface area contributed by atoms with Crippen molar-refractivity contribution in [3.8, 4) is 17.1 Å². The molecule has 1 saturated heterocycles. The maximum absolute atomic E-state index is 13.1. The number of aryl methyl sites for hydroxylation is 2. The molecule has 1 aliphatic heterocycles. The van der Waals surface area contributed by atoms with Crippen LogP contribution in [0, 0.1) is 6.92 Å². The summed E-state index contributed by atoms with van der Waals surface area (Å²) in [6.45, 7) is 9.61. The molecule has 0 bridgehead atoms. The molecule has 1 aromatic carbocycles. The van der Waals surface area contributed by atoms with Gasteiger partial charge in [-0.3, -0.25) is 9.48 Å². The highest BCUT2D eigenvalue weighted by atomic mass is 16.7. The number of piperazine rings is 1. The van der Waals surface area contributed by atoms with Crippen LogP contribution >= 0.6 is 0 Å². The molecule has 1 fully saturated rings. The van der Waals surface area contributed by atoms with Crippen LogP contribution in [-0.4, -0.2) is 94.4 Å². The van der Waals surface area contributed by atoms with Crippen LogP contribution in [0.2, 0.25) is 0 Å². The Morgan fingerprint density at radius 1 is 1.05 bits per heavy atom. The molecule has 2 amide bonds. The predicted octanol–water partition coefficient (Wildman–Crippen LogP) is 3.29. The van der Waals surface area contributed by atoms with Crippen LogP contribution < -0.4 is 15.0 Å². The number of hydrogen-bond acceptors (Lipinski definition) is 10. The Morgan fingerprint density at radius 3 is 2.45 bits per heavy atom. The molecule has 1 aliphatic rings. The third-order valence-electron chi connectivity index (χ3n) is 6.88. The molecule has 13 nitrogen and oxygen atoms in total. The molecular weight excluding hydrogens is 540 g/mol. The van der Waals surface area contributed by atoms with Crippen LogP contribution in [0.3, 0.4) is 0 Å². The molecule has 4 heterocycles. The summed E-state index contributed by atoms with van der Waals surface area (Å²) in [7, 11) is 4.95. The number of hydrogen-bond donors (Lipinski definition) is 1. The van der Waals surface area contributed by atoms with E-state index in [9.17, 15) is 9.59 Å². The number of pyridine rings is 1. The molecule has 0 radical (unpaired) electrons. The lowest BCUT2D eigenvalue weighted by Gasteiger charge is -2.36. The lowest BCUT2D eigenvalue weighted by molar-refractivity contribution is 0.0240. The summed E-state index contributed by atoms with van der Waals surface area (Å²) in [5.74, 6) is 1.13. The fraction of sp³-hybridized carbons (Fsp3) is 0.448. The number of nitrogens with one attached hydrogen (secondary N) is 1. The van der Waals surface area contributed by atoms with Crippen LogP contribution in [-0.2, 0) is 16.5 Å². The van der Waals surface area contributed by atoms with Crippen LogP contribution in [0.25, 0.3) is 33.3 Å². The minimum Gasteiger partial charge on any atom is -0.466 e. The summed E-state index contributed by atoms with van der Waals surface area (Å²) in [5.41, 5.74) is 2.69. The standard InChI is InChI=1S/C29H36N8O5/c1-17-22-18(15-35(6)34-22)14-19(25(17)41-16-40-7)26-31-20-8-9-21(32-23(20)24(33-26)27(38)30-5)36-10-12-37(13-11-36)28(39)42-29(2,3)4/h8-9,14-15H,10-13,16H2,1-7H3,(H,30,38). The van der Waals surface area contributed by atoms with Crippen molar-refractivity contribution in [2.45, 2.75) is 33.3 Å². The molecule has 42 heavy (non-hydrogen) atoms. The first-order chi connectivity index (χ1) is 20.0. The van der Waals surface area contributed by atoms with Crippen LogP contribution in [0.5, 0.6) is 5.75 Å². The molecule has 0 atom stereocenters. The average Bonchev–Trinajstić information content (AvgIpc) is 3.35. The van der Waals surface area contributed by atoms with Crippen molar-refractivity contribution in [3.63, 3.8) is 0 Å². The van der Waals surface area contributed by atoms with E-state index in [1.54, 1.807) is 23.7 Å². The van der Waals surface area contributed by atoms with E-state index >= 15 is 0 Å². The summed E-state index contributed by atoms with van der Waals surface area (Å²) in [6.07, 6.45) is 1.58. The third kappa shape index (κ3) is 5.77. The Bertz CT molecular complexity index is 1650. The zero-order valence-corrected chi connectivity index (χ0v) is 25.0. The lowest BCUT2D eigenvalue weighted by atomic mass is 10.0. The number of aromatic nitrogens is 5. The van der Waals surface area contributed by atoms with E-state index in [4.69, 9.17) is 29.2 Å². The first-order valence-corrected chi connectivity index (χ1v) is 13.7. The number of amides is 2. The highest BCUT2D eigenvalue weighted by molar-refractivity contribution is 6.04. The topological polar surface area (TPSA) is 137 Å². The fourth-order valence-corrected chi connectivity index (χ4v) is 4.93.